The molecule has 3 rings (SSSR count). The average molecular weight is 419 g/mol. The van der Waals surface area contributed by atoms with E-state index in [4.69, 9.17) is 4.74 Å². The summed E-state index contributed by atoms with van der Waals surface area (Å²) in [5.74, 6) is -0.344. The summed E-state index contributed by atoms with van der Waals surface area (Å²) in [5, 5.41) is 8.03. The third-order valence-electron chi connectivity index (χ3n) is 5.50. The minimum Gasteiger partial charge on any atom is -0.465 e. The Kier molecular flexibility index (Phi) is 6.41. The van der Waals surface area contributed by atoms with E-state index in [1.54, 1.807) is 6.20 Å². The highest BCUT2D eigenvalue weighted by molar-refractivity contribution is 7.14. The molecular weight excluding hydrogens is 388 g/mol. The third-order valence-corrected chi connectivity index (χ3v) is 7.03. The number of carbonyl (C=O) groups excluding carboxylic acids is 2. The first-order valence-corrected chi connectivity index (χ1v) is 11.0. The number of nitrogens with zero attached hydrogens (tertiary/aromatic N) is 4. The summed E-state index contributed by atoms with van der Waals surface area (Å²) in [6.07, 6.45) is 7.54. The van der Waals surface area contributed by atoms with Gasteiger partial charge in [-0.05, 0) is 37.2 Å². The molecule has 8 heteroatoms. The van der Waals surface area contributed by atoms with Crippen LogP contribution in [0.1, 0.15) is 80.4 Å². The number of carbonyl (C=O) groups is 2. The van der Waals surface area contributed by atoms with Crippen molar-refractivity contribution < 1.29 is 14.3 Å². The van der Waals surface area contributed by atoms with Crippen molar-refractivity contribution in [2.24, 2.45) is 0 Å². The van der Waals surface area contributed by atoms with E-state index in [1.165, 1.54) is 18.4 Å². The zero-order valence-corrected chi connectivity index (χ0v) is 18.7. The van der Waals surface area contributed by atoms with Gasteiger partial charge in [-0.15, -0.1) is 16.4 Å². The summed E-state index contributed by atoms with van der Waals surface area (Å²) in [4.78, 5) is 28.9. The number of anilines is 1. The zero-order chi connectivity index (χ0) is 21.2. The molecule has 0 aliphatic heterocycles. The van der Waals surface area contributed by atoms with Gasteiger partial charge in [-0.25, -0.2) is 9.48 Å². The second kappa shape index (κ2) is 8.65. The summed E-state index contributed by atoms with van der Waals surface area (Å²) in [6.45, 7) is 8.20. The first-order valence-electron chi connectivity index (χ1n) is 10.2. The number of thiophene rings is 1. The highest BCUT2D eigenvalue weighted by atomic mass is 32.1. The number of hydrogen-bond donors (Lipinski definition) is 0. The molecule has 158 valence electrons. The molecule has 2 aromatic rings. The topological polar surface area (TPSA) is 77.3 Å². The second-order valence-electron chi connectivity index (χ2n) is 8.53. The van der Waals surface area contributed by atoms with Crippen LogP contribution in [0.25, 0.3) is 0 Å². The van der Waals surface area contributed by atoms with E-state index in [9.17, 15) is 9.59 Å². The Balaban J connectivity index is 1.92. The maximum atomic E-state index is 13.0. The monoisotopic (exact) mass is 418 g/mol. The molecule has 1 amide bonds. The van der Waals surface area contributed by atoms with Crippen LogP contribution < -0.4 is 4.90 Å². The molecule has 7 nitrogen and oxygen atoms in total. The summed E-state index contributed by atoms with van der Waals surface area (Å²) in [5.41, 5.74) is 0.583. The van der Waals surface area contributed by atoms with Crippen LogP contribution in [0.3, 0.4) is 0 Å². The maximum absolute atomic E-state index is 13.0. The Morgan fingerprint density at radius 1 is 1.28 bits per heavy atom. The van der Waals surface area contributed by atoms with Gasteiger partial charge in [-0.2, -0.15) is 0 Å². The lowest BCUT2D eigenvalue weighted by Crippen LogP contribution is -2.43. The van der Waals surface area contributed by atoms with Gasteiger partial charge < -0.3 is 9.64 Å². The first kappa shape index (κ1) is 21.5. The summed E-state index contributed by atoms with van der Waals surface area (Å²) in [7, 11) is 1.39. The number of methoxy groups -OCH3 is 1. The average Bonchev–Trinajstić information content (AvgIpc) is 3.38. The number of aromatic nitrogens is 3. The normalized spacial score (nSPS) is 19.8. The van der Waals surface area contributed by atoms with Gasteiger partial charge in [0.05, 0.1) is 25.0 Å². The van der Waals surface area contributed by atoms with Crippen molar-refractivity contribution in [3.63, 3.8) is 0 Å². The second-order valence-corrected chi connectivity index (χ2v) is 9.58. The van der Waals surface area contributed by atoms with E-state index < -0.39 is 0 Å². The zero-order valence-electron chi connectivity index (χ0n) is 17.8. The van der Waals surface area contributed by atoms with Gasteiger partial charge in [0, 0.05) is 23.5 Å². The van der Waals surface area contributed by atoms with Crippen molar-refractivity contribution in [2.75, 3.05) is 12.0 Å². The molecule has 0 saturated heterocycles. The number of hydrogen-bond acceptors (Lipinski definition) is 6. The van der Waals surface area contributed by atoms with Crippen molar-refractivity contribution in [2.45, 2.75) is 77.3 Å². The molecule has 1 fully saturated rings. The van der Waals surface area contributed by atoms with Crippen molar-refractivity contribution in [3.8, 4) is 0 Å². The number of ether oxygens (including phenoxy) is 1. The summed E-state index contributed by atoms with van der Waals surface area (Å²) >= 11 is 1.43. The van der Waals surface area contributed by atoms with E-state index in [1.807, 2.05) is 28.8 Å². The van der Waals surface area contributed by atoms with Crippen LogP contribution in [0.2, 0.25) is 0 Å². The molecule has 0 radical (unpaired) electrons. The minimum absolute atomic E-state index is 0.0395. The highest BCUT2D eigenvalue weighted by Crippen LogP contribution is 2.41. The SMILES string of the molecule is CCC(=O)N(c1cc(C(C)(C)C)sc1C(=O)OC)C1CCC(n2ccnn2)CC1. The van der Waals surface area contributed by atoms with Crippen molar-refractivity contribution in [1.82, 2.24) is 15.0 Å². The van der Waals surface area contributed by atoms with Gasteiger partial charge in [-0.1, -0.05) is 32.9 Å². The van der Waals surface area contributed by atoms with Crippen LogP contribution in [0.15, 0.2) is 18.5 Å². The quantitative estimate of drug-likeness (QED) is 0.675. The fourth-order valence-corrected chi connectivity index (χ4v) is 4.99. The minimum atomic E-state index is -0.384. The molecular formula is C21H30N4O3S. The Labute approximate surface area is 176 Å². The maximum Gasteiger partial charge on any atom is 0.350 e. The van der Waals surface area contributed by atoms with Crippen LogP contribution >= 0.6 is 11.3 Å². The smallest absolute Gasteiger partial charge is 0.350 e. The fourth-order valence-electron chi connectivity index (χ4n) is 3.87. The molecule has 0 atom stereocenters. The van der Waals surface area contributed by atoms with Gasteiger partial charge in [0.1, 0.15) is 4.88 Å². The molecule has 1 aliphatic carbocycles. The third kappa shape index (κ3) is 4.52. The first-order chi connectivity index (χ1) is 13.8. The number of amides is 1. The predicted molar refractivity (Wildman–Crippen MR) is 113 cm³/mol. The van der Waals surface area contributed by atoms with Crippen LogP contribution in [0.5, 0.6) is 0 Å². The fraction of sp³-hybridized carbons (Fsp3) is 0.619. The Morgan fingerprint density at radius 3 is 2.48 bits per heavy atom. The molecule has 2 heterocycles. The van der Waals surface area contributed by atoms with Gasteiger partial charge in [0.2, 0.25) is 5.91 Å². The van der Waals surface area contributed by atoms with Crippen molar-refractivity contribution in [3.05, 3.63) is 28.2 Å². The van der Waals surface area contributed by atoms with Crippen LogP contribution in [-0.4, -0.2) is 40.0 Å². The molecule has 0 unspecified atom stereocenters. The Morgan fingerprint density at radius 2 is 1.97 bits per heavy atom. The van der Waals surface area contributed by atoms with Gasteiger partial charge in [0.15, 0.2) is 0 Å². The molecule has 1 aliphatic rings. The van der Waals surface area contributed by atoms with E-state index in [-0.39, 0.29) is 23.3 Å². The van der Waals surface area contributed by atoms with E-state index in [0.717, 1.165) is 30.6 Å². The van der Waals surface area contributed by atoms with Crippen LogP contribution in [0, 0.1) is 0 Å². The lowest BCUT2D eigenvalue weighted by atomic mass is 9.89. The number of rotatable bonds is 5. The van der Waals surface area contributed by atoms with Gasteiger partial charge >= 0.3 is 5.97 Å². The molecule has 0 aromatic carbocycles. The van der Waals surface area contributed by atoms with Gasteiger partial charge in [0.25, 0.3) is 0 Å². The van der Waals surface area contributed by atoms with E-state index >= 15 is 0 Å². The molecule has 2 aromatic heterocycles. The molecule has 0 spiro atoms. The molecule has 0 bridgehead atoms. The Bertz CT molecular complexity index is 846. The molecule has 29 heavy (non-hydrogen) atoms. The summed E-state index contributed by atoms with van der Waals surface area (Å²) < 4.78 is 6.94. The number of esters is 1. The highest BCUT2D eigenvalue weighted by Gasteiger charge is 2.35. The lowest BCUT2D eigenvalue weighted by molar-refractivity contribution is -0.119. The van der Waals surface area contributed by atoms with Crippen LogP contribution in [-0.2, 0) is 14.9 Å². The standard InChI is InChI=1S/C21H30N4O3S/c1-6-18(26)25(15-9-7-14(8-10-15)24-12-11-22-23-24)16-13-17(21(2,3)4)29-19(16)20(27)28-5/h11-15H,6-10H2,1-5H3. The van der Waals surface area contributed by atoms with Crippen LogP contribution in [0.4, 0.5) is 5.69 Å². The summed E-state index contributed by atoms with van der Waals surface area (Å²) in [6, 6.07) is 2.38. The predicted octanol–water partition coefficient (Wildman–Crippen LogP) is 4.35. The largest absolute Gasteiger partial charge is 0.465 e. The molecule has 0 N–H and O–H groups in total. The van der Waals surface area contributed by atoms with E-state index in [2.05, 4.69) is 31.1 Å². The lowest BCUT2D eigenvalue weighted by Gasteiger charge is -2.36. The van der Waals surface area contributed by atoms with E-state index in [0.29, 0.717) is 23.0 Å². The van der Waals surface area contributed by atoms with Crippen molar-refractivity contribution >= 4 is 28.9 Å². The van der Waals surface area contributed by atoms with Crippen molar-refractivity contribution in [1.29, 1.82) is 0 Å². The van der Waals surface area contributed by atoms with Gasteiger partial charge in [-0.3, -0.25) is 4.79 Å². The Hall–Kier alpha value is -2.22. The molecule has 1 saturated carbocycles.